The van der Waals surface area contributed by atoms with Gasteiger partial charge in [0.05, 0.1) is 6.61 Å². The summed E-state index contributed by atoms with van der Waals surface area (Å²) in [5.74, 6) is -0.0357. The van der Waals surface area contributed by atoms with E-state index in [1.54, 1.807) is 0 Å². The number of rotatable bonds is 9. The molecule has 0 saturated carbocycles. The average Bonchev–Trinajstić information content (AvgIpc) is 3.10. The van der Waals surface area contributed by atoms with Crippen molar-refractivity contribution in [3.63, 3.8) is 0 Å². The second-order valence-corrected chi connectivity index (χ2v) is 7.96. The number of carbonyl (C=O) groups excluding carboxylic acids is 1. The Morgan fingerprint density at radius 1 is 1.10 bits per heavy atom. The molecule has 0 bridgehead atoms. The molecule has 1 amide bonds. The predicted molar refractivity (Wildman–Crippen MR) is 122 cm³/mol. The van der Waals surface area contributed by atoms with Crippen molar-refractivity contribution in [1.82, 2.24) is 4.90 Å². The van der Waals surface area contributed by atoms with Crippen molar-refractivity contribution < 1.29 is 9.53 Å². The molecular formula is C24H33ClN2O2. The zero-order chi connectivity index (χ0) is 19.8. The highest BCUT2D eigenvalue weighted by molar-refractivity contribution is 5.88. The minimum absolute atomic E-state index is 0. The summed E-state index contributed by atoms with van der Waals surface area (Å²) < 4.78 is 5.89. The zero-order valence-electron chi connectivity index (χ0n) is 17.5. The van der Waals surface area contributed by atoms with Crippen LogP contribution in [0.4, 0.5) is 5.69 Å². The third-order valence-electron chi connectivity index (χ3n) is 5.60. The number of aryl methyl sites for hydroxylation is 1. The highest BCUT2D eigenvalue weighted by Crippen LogP contribution is 2.36. The first-order valence-electron chi connectivity index (χ1n) is 10.3. The Labute approximate surface area is 181 Å². The van der Waals surface area contributed by atoms with E-state index in [1.165, 1.54) is 24.5 Å². The lowest BCUT2D eigenvalue weighted by molar-refractivity contribution is -0.114. The van der Waals surface area contributed by atoms with Crippen molar-refractivity contribution in [3.8, 4) is 0 Å². The van der Waals surface area contributed by atoms with Crippen LogP contribution in [-0.4, -0.2) is 37.1 Å². The van der Waals surface area contributed by atoms with Gasteiger partial charge in [0.2, 0.25) is 5.91 Å². The van der Waals surface area contributed by atoms with Gasteiger partial charge in [0.15, 0.2) is 0 Å². The summed E-state index contributed by atoms with van der Waals surface area (Å²) in [6.45, 7) is 8.36. The summed E-state index contributed by atoms with van der Waals surface area (Å²) in [6, 6.07) is 18.9. The molecule has 0 spiro atoms. The first-order chi connectivity index (χ1) is 13.6. The normalized spacial score (nSPS) is 19.0. The molecule has 3 rings (SSSR count). The fourth-order valence-electron chi connectivity index (χ4n) is 4.08. The monoisotopic (exact) mass is 416 g/mol. The Morgan fingerprint density at radius 3 is 2.48 bits per heavy atom. The van der Waals surface area contributed by atoms with Crippen molar-refractivity contribution in [2.24, 2.45) is 5.41 Å². The van der Waals surface area contributed by atoms with Gasteiger partial charge in [0.1, 0.15) is 0 Å². The lowest BCUT2D eigenvalue weighted by atomic mass is 9.82. The maximum Gasteiger partial charge on any atom is 0.221 e. The summed E-state index contributed by atoms with van der Waals surface area (Å²) >= 11 is 0. The molecule has 29 heavy (non-hydrogen) atoms. The summed E-state index contributed by atoms with van der Waals surface area (Å²) in [4.78, 5) is 13.7. The second kappa shape index (κ2) is 11.3. The first kappa shape index (κ1) is 23.4. The molecule has 1 N–H and O–H groups in total. The maximum absolute atomic E-state index is 11.2. The number of hydrogen-bond donors (Lipinski definition) is 1. The van der Waals surface area contributed by atoms with E-state index in [2.05, 4.69) is 59.6 Å². The van der Waals surface area contributed by atoms with Crippen molar-refractivity contribution >= 4 is 24.0 Å². The number of nitrogens with zero attached hydrogens (tertiary/aromatic N) is 1. The summed E-state index contributed by atoms with van der Waals surface area (Å²) in [5, 5.41) is 2.83. The number of anilines is 1. The van der Waals surface area contributed by atoms with E-state index in [4.69, 9.17) is 4.74 Å². The molecule has 2 aromatic carbocycles. The number of benzene rings is 2. The zero-order valence-corrected chi connectivity index (χ0v) is 18.3. The number of halogens is 1. The summed E-state index contributed by atoms with van der Waals surface area (Å²) in [6.07, 6.45) is 3.45. The largest absolute Gasteiger partial charge is 0.381 e. The Hall–Kier alpha value is -1.88. The van der Waals surface area contributed by atoms with Crippen LogP contribution >= 0.6 is 12.4 Å². The van der Waals surface area contributed by atoms with Gasteiger partial charge in [-0.2, -0.15) is 0 Å². The molecule has 0 unspecified atom stereocenters. The molecule has 0 aromatic heterocycles. The maximum atomic E-state index is 11.2. The average molecular weight is 417 g/mol. The Kier molecular flexibility index (Phi) is 9.15. The van der Waals surface area contributed by atoms with Crippen molar-refractivity contribution in [2.75, 3.05) is 31.6 Å². The molecule has 158 valence electrons. The van der Waals surface area contributed by atoms with Crippen LogP contribution in [0.1, 0.15) is 37.8 Å². The van der Waals surface area contributed by atoms with Crippen LogP contribution in [0.5, 0.6) is 0 Å². The van der Waals surface area contributed by atoms with E-state index in [1.807, 2.05) is 12.1 Å². The van der Waals surface area contributed by atoms with E-state index < -0.39 is 0 Å². The van der Waals surface area contributed by atoms with Crippen LogP contribution in [-0.2, 0) is 22.5 Å². The number of nitrogens with one attached hydrogen (secondary N) is 1. The third-order valence-corrected chi connectivity index (χ3v) is 5.60. The van der Waals surface area contributed by atoms with E-state index in [-0.39, 0.29) is 23.7 Å². The highest BCUT2D eigenvalue weighted by Gasteiger charge is 2.37. The molecule has 1 heterocycles. The van der Waals surface area contributed by atoms with Crippen LogP contribution in [0.15, 0.2) is 54.6 Å². The standard InChI is InChI=1S/C24H32N2O2.ClH/c1-3-28-19-24(14-13-21-7-5-4-6-8-21)15-16-26(18-24)17-22-9-11-23(12-10-22)25-20(2)27;/h4-12H,3,13-19H2,1-2H3,(H,25,27);1H/t24-;/m0./s1. The van der Waals surface area contributed by atoms with Crippen LogP contribution in [0, 0.1) is 5.41 Å². The molecule has 1 aliphatic heterocycles. The third kappa shape index (κ3) is 7.14. The highest BCUT2D eigenvalue weighted by atomic mass is 35.5. The van der Waals surface area contributed by atoms with Gasteiger partial charge in [0, 0.05) is 37.7 Å². The molecule has 1 aliphatic rings. The van der Waals surface area contributed by atoms with Crippen LogP contribution in [0.3, 0.4) is 0 Å². The Balaban J connectivity index is 0.00000300. The first-order valence-corrected chi connectivity index (χ1v) is 10.3. The molecular weight excluding hydrogens is 384 g/mol. The van der Waals surface area contributed by atoms with E-state index in [0.717, 1.165) is 51.4 Å². The van der Waals surface area contributed by atoms with E-state index in [9.17, 15) is 4.79 Å². The molecule has 1 fully saturated rings. The minimum Gasteiger partial charge on any atom is -0.381 e. The Bertz CT molecular complexity index is 751. The second-order valence-electron chi connectivity index (χ2n) is 7.96. The fourth-order valence-corrected chi connectivity index (χ4v) is 4.08. The van der Waals surface area contributed by atoms with E-state index >= 15 is 0 Å². The van der Waals surface area contributed by atoms with Crippen molar-refractivity contribution in [3.05, 3.63) is 65.7 Å². The molecule has 1 atom stereocenters. The van der Waals surface area contributed by atoms with Gasteiger partial charge in [-0.25, -0.2) is 0 Å². The van der Waals surface area contributed by atoms with Gasteiger partial charge in [-0.3, -0.25) is 9.69 Å². The smallest absolute Gasteiger partial charge is 0.221 e. The van der Waals surface area contributed by atoms with E-state index in [0.29, 0.717) is 0 Å². The number of ether oxygens (including phenoxy) is 1. The quantitative estimate of drug-likeness (QED) is 0.630. The Morgan fingerprint density at radius 2 is 1.83 bits per heavy atom. The molecule has 0 aliphatic carbocycles. The predicted octanol–water partition coefficient (Wildman–Crippen LogP) is 4.93. The lowest BCUT2D eigenvalue weighted by Crippen LogP contribution is -2.32. The number of hydrogen-bond acceptors (Lipinski definition) is 3. The van der Waals surface area contributed by atoms with Crippen LogP contribution in [0.2, 0.25) is 0 Å². The molecule has 1 saturated heterocycles. The minimum atomic E-state index is -0.0357. The van der Waals surface area contributed by atoms with Gasteiger partial charge in [-0.15, -0.1) is 12.4 Å². The van der Waals surface area contributed by atoms with Gasteiger partial charge in [-0.1, -0.05) is 42.5 Å². The molecule has 5 heteroatoms. The van der Waals surface area contributed by atoms with Gasteiger partial charge in [-0.05, 0) is 56.0 Å². The summed E-state index contributed by atoms with van der Waals surface area (Å²) in [7, 11) is 0. The lowest BCUT2D eigenvalue weighted by Gasteiger charge is -2.29. The van der Waals surface area contributed by atoms with Crippen molar-refractivity contribution in [2.45, 2.75) is 39.7 Å². The fraction of sp³-hybridized carbons (Fsp3) is 0.458. The van der Waals surface area contributed by atoms with Crippen LogP contribution in [0.25, 0.3) is 0 Å². The van der Waals surface area contributed by atoms with Crippen LogP contribution < -0.4 is 5.32 Å². The summed E-state index contributed by atoms with van der Waals surface area (Å²) in [5.41, 5.74) is 3.78. The van der Waals surface area contributed by atoms with Gasteiger partial charge < -0.3 is 10.1 Å². The molecule has 0 radical (unpaired) electrons. The molecule has 2 aromatic rings. The number of likely N-dealkylation sites (tertiary alicyclic amines) is 1. The van der Waals surface area contributed by atoms with Crippen molar-refractivity contribution in [1.29, 1.82) is 0 Å². The number of amides is 1. The SMILES string of the molecule is CCOC[C@@]1(CCc2ccccc2)CCN(Cc2ccc(NC(C)=O)cc2)C1.Cl. The topological polar surface area (TPSA) is 41.6 Å². The van der Waals surface area contributed by atoms with Gasteiger partial charge >= 0.3 is 0 Å². The molecule has 4 nitrogen and oxygen atoms in total. The number of carbonyl (C=O) groups is 1. The van der Waals surface area contributed by atoms with Gasteiger partial charge in [0.25, 0.3) is 0 Å².